The SMILES string of the molecule is CC(C)C(=NCc1nc2cnc3[nH]ccc3c2n1C1CCC(CC#N)CC1)NO. The Morgan fingerprint density at radius 1 is 1.41 bits per heavy atom. The molecule has 8 heteroatoms. The van der Waals surface area contributed by atoms with Crippen LogP contribution in [0.3, 0.4) is 0 Å². The third-order valence-electron chi connectivity index (χ3n) is 5.92. The molecule has 1 aliphatic rings. The van der Waals surface area contributed by atoms with Gasteiger partial charge in [0.15, 0.2) is 0 Å². The van der Waals surface area contributed by atoms with E-state index >= 15 is 0 Å². The second-order valence-corrected chi connectivity index (χ2v) is 8.13. The molecule has 0 spiro atoms. The zero-order valence-electron chi connectivity index (χ0n) is 16.9. The van der Waals surface area contributed by atoms with Crippen molar-refractivity contribution in [1.29, 1.82) is 5.26 Å². The summed E-state index contributed by atoms with van der Waals surface area (Å²) >= 11 is 0. The molecule has 0 bridgehead atoms. The summed E-state index contributed by atoms with van der Waals surface area (Å²) in [6, 6.07) is 4.69. The van der Waals surface area contributed by atoms with Crippen molar-refractivity contribution < 1.29 is 5.21 Å². The minimum absolute atomic E-state index is 0.0947. The molecule has 29 heavy (non-hydrogen) atoms. The number of nitrogens with zero attached hydrogens (tertiary/aromatic N) is 5. The van der Waals surface area contributed by atoms with Gasteiger partial charge in [-0.25, -0.2) is 9.97 Å². The zero-order chi connectivity index (χ0) is 20.4. The van der Waals surface area contributed by atoms with Crippen molar-refractivity contribution in [2.75, 3.05) is 0 Å². The molecule has 0 radical (unpaired) electrons. The first-order valence-electron chi connectivity index (χ1n) is 10.3. The highest BCUT2D eigenvalue weighted by Crippen LogP contribution is 2.38. The van der Waals surface area contributed by atoms with Crippen LogP contribution in [0, 0.1) is 23.2 Å². The van der Waals surface area contributed by atoms with Crippen molar-refractivity contribution in [3.63, 3.8) is 0 Å². The fourth-order valence-corrected chi connectivity index (χ4v) is 4.38. The van der Waals surface area contributed by atoms with Gasteiger partial charge in [0.25, 0.3) is 0 Å². The first kappa shape index (κ1) is 19.4. The number of rotatable bonds is 5. The normalized spacial score (nSPS) is 20.4. The van der Waals surface area contributed by atoms with Crippen molar-refractivity contribution in [3.8, 4) is 6.07 Å². The van der Waals surface area contributed by atoms with E-state index < -0.39 is 0 Å². The number of hydroxylamine groups is 1. The van der Waals surface area contributed by atoms with E-state index in [1.54, 1.807) is 0 Å². The summed E-state index contributed by atoms with van der Waals surface area (Å²) in [5.41, 5.74) is 5.02. The Labute approximate surface area is 169 Å². The Kier molecular flexibility index (Phi) is 5.49. The molecule has 4 rings (SSSR count). The second-order valence-electron chi connectivity index (χ2n) is 8.13. The Hall–Kier alpha value is -2.92. The molecule has 0 aromatic carbocycles. The van der Waals surface area contributed by atoms with Gasteiger partial charge in [-0.2, -0.15) is 5.26 Å². The molecular weight excluding hydrogens is 366 g/mol. The van der Waals surface area contributed by atoms with E-state index in [0.717, 1.165) is 53.6 Å². The van der Waals surface area contributed by atoms with Crippen LogP contribution in [0.25, 0.3) is 22.1 Å². The number of aliphatic imine (C=N–C) groups is 1. The molecule has 0 amide bonds. The second kappa shape index (κ2) is 8.21. The fraction of sp³-hybridized carbons (Fsp3) is 0.524. The summed E-state index contributed by atoms with van der Waals surface area (Å²) in [7, 11) is 0. The highest BCUT2D eigenvalue weighted by Gasteiger charge is 2.26. The number of pyridine rings is 1. The van der Waals surface area contributed by atoms with Crippen molar-refractivity contribution in [2.24, 2.45) is 16.8 Å². The Morgan fingerprint density at radius 3 is 2.90 bits per heavy atom. The lowest BCUT2D eigenvalue weighted by atomic mass is 9.84. The van der Waals surface area contributed by atoms with Gasteiger partial charge in [0.2, 0.25) is 0 Å². The number of H-pyrrole nitrogens is 1. The summed E-state index contributed by atoms with van der Waals surface area (Å²) in [6.45, 7) is 4.35. The standard InChI is InChI=1S/C21H27N7O/c1-13(2)20(27-29)25-12-18-26-17-11-24-21-16(8-10-23-21)19(17)28(18)15-5-3-14(4-6-15)7-9-22/h8,10-11,13-15,29H,3-7,12H2,1-2H3,(H,23,24)(H,25,27). The maximum atomic E-state index is 9.38. The molecule has 3 aromatic rings. The molecule has 1 fully saturated rings. The molecule has 0 saturated heterocycles. The van der Waals surface area contributed by atoms with Gasteiger partial charge in [-0.15, -0.1) is 0 Å². The average Bonchev–Trinajstić information content (AvgIpc) is 3.33. The van der Waals surface area contributed by atoms with Crippen molar-refractivity contribution >= 4 is 27.9 Å². The summed E-state index contributed by atoms with van der Waals surface area (Å²) < 4.78 is 2.33. The van der Waals surface area contributed by atoms with Crippen LogP contribution >= 0.6 is 0 Å². The van der Waals surface area contributed by atoms with Gasteiger partial charge in [0.05, 0.1) is 24.3 Å². The van der Waals surface area contributed by atoms with E-state index in [-0.39, 0.29) is 5.92 Å². The largest absolute Gasteiger partial charge is 0.346 e. The quantitative estimate of drug-likeness (QED) is 0.343. The van der Waals surface area contributed by atoms with Crippen LogP contribution in [0.5, 0.6) is 0 Å². The molecule has 1 saturated carbocycles. The highest BCUT2D eigenvalue weighted by molar-refractivity contribution is 6.01. The lowest BCUT2D eigenvalue weighted by molar-refractivity contribution is 0.228. The third kappa shape index (κ3) is 3.70. The molecule has 152 valence electrons. The molecular formula is C21H27N7O. The maximum absolute atomic E-state index is 9.38. The molecule has 3 heterocycles. The summed E-state index contributed by atoms with van der Waals surface area (Å²) in [5.74, 6) is 2.02. The first-order chi connectivity index (χ1) is 14.1. The number of imidazole rings is 1. The number of hydrogen-bond acceptors (Lipinski definition) is 5. The summed E-state index contributed by atoms with van der Waals surface area (Å²) in [6.07, 6.45) is 8.51. The van der Waals surface area contributed by atoms with Gasteiger partial charge in [-0.3, -0.25) is 15.7 Å². The lowest BCUT2D eigenvalue weighted by Gasteiger charge is -2.29. The molecule has 3 N–H and O–H groups in total. The Morgan fingerprint density at radius 2 is 2.21 bits per heavy atom. The van der Waals surface area contributed by atoms with Crippen LogP contribution in [-0.2, 0) is 6.54 Å². The van der Waals surface area contributed by atoms with Crippen LogP contribution in [0.2, 0.25) is 0 Å². The fourth-order valence-electron chi connectivity index (χ4n) is 4.38. The van der Waals surface area contributed by atoms with Crippen molar-refractivity contribution in [2.45, 2.75) is 58.5 Å². The Bertz CT molecular complexity index is 1060. The van der Waals surface area contributed by atoms with Gasteiger partial charge < -0.3 is 9.55 Å². The average molecular weight is 393 g/mol. The predicted octanol–water partition coefficient (Wildman–Crippen LogP) is 4.09. The predicted molar refractivity (Wildman–Crippen MR) is 112 cm³/mol. The van der Waals surface area contributed by atoms with E-state index in [4.69, 9.17) is 10.2 Å². The van der Waals surface area contributed by atoms with Crippen LogP contribution in [0.4, 0.5) is 0 Å². The number of nitrogens with one attached hydrogen (secondary N) is 2. The number of aromatic nitrogens is 4. The van der Waals surface area contributed by atoms with Gasteiger partial charge >= 0.3 is 0 Å². The third-order valence-corrected chi connectivity index (χ3v) is 5.92. The number of amidine groups is 1. The lowest BCUT2D eigenvalue weighted by Crippen LogP contribution is -2.25. The monoisotopic (exact) mass is 393 g/mol. The molecule has 0 unspecified atom stereocenters. The highest BCUT2D eigenvalue weighted by atomic mass is 16.5. The van der Waals surface area contributed by atoms with Gasteiger partial charge in [0.1, 0.15) is 22.8 Å². The van der Waals surface area contributed by atoms with Gasteiger partial charge in [-0.05, 0) is 37.7 Å². The van der Waals surface area contributed by atoms with Crippen LogP contribution in [0.1, 0.15) is 57.8 Å². The number of hydrogen-bond donors (Lipinski definition) is 3. The van der Waals surface area contributed by atoms with Crippen LogP contribution < -0.4 is 5.48 Å². The minimum atomic E-state index is 0.0947. The minimum Gasteiger partial charge on any atom is -0.346 e. The van der Waals surface area contributed by atoms with Crippen LogP contribution in [-0.4, -0.2) is 30.6 Å². The van der Waals surface area contributed by atoms with E-state index in [1.165, 1.54) is 0 Å². The van der Waals surface area contributed by atoms with Crippen molar-refractivity contribution in [3.05, 3.63) is 24.3 Å². The van der Waals surface area contributed by atoms with Gasteiger partial charge in [0, 0.05) is 30.0 Å². The summed E-state index contributed by atoms with van der Waals surface area (Å²) in [4.78, 5) is 17.1. The molecule has 3 aromatic heterocycles. The summed E-state index contributed by atoms with van der Waals surface area (Å²) in [5, 5.41) is 19.5. The van der Waals surface area contributed by atoms with E-state index in [2.05, 4.69) is 31.1 Å². The molecule has 0 atom stereocenters. The Balaban J connectivity index is 1.77. The smallest absolute Gasteiger partial charge is 0.139 e. The molecule has 1 aliphatic carbocycles. The van der Waals surface area contributed by atoms with E-state index in [1.807, 2.05) is 32.3 Å². The number of aromatic amines is 1. The number of nitriles is 1. The molecule has 8 nitrogen and oxygen atoms in total. The topological polar surface area (TPSA) is 115 Å². The van der Waals surface area contributed by atoms with Crippen molar-refractivity contribution in [1.82, 2.24) is 25.0 Å². The molecule has 0 aliphatic heterocycles. The zero-order valence-corrected chi connectivity index (χ0v) is 16.9. The first-order valence-corrected chi connectivity index (χ1v) is 10.3. The van der Waals surface area contributed by atoms with E-state index in [9.17, 15) is 5.21 Å². The van der Waals surface area contributed by atoms with Crippen LogP contribution in [0.15, 0.2) is 23.5 Å². The van der Waals surface area contributed by atoms with E-state index in [0.29, 0.717) is 30.8 Å². The van der Waals surface area contributed by atoms with Gasteiger partial charge in [-0.1, -0.05) is 13.8 Å². The maximum Gasteiger partial charge on any atom is 0.139 e. The number of fused-ring (bicyclic) bond motifs is 3.